The van der Waals surface area contributed by atoms with Gasteiger partial charge in [0.15, 0.2) is 0 Å². The normalized spacial score (nSPS) is 10.6. The lowest BCUT2D eigenvalue weighted by Crippen LogP contribution is -2.15. The minimum absolute atomic E-state index is 0.000703. The highest BCUT2D eigenvalue weighted by Gasteiger charge is 2.23. The molecule has 0 saturated carbocycles. The summed E-state index contributed by atoms with van der Waals surface area (Å²) in [7, 11) is 0. The molecule has 1 N–H and O–H groups in total. The molecule has 0 aromatic heterocycles. The number of unbranched alkanes of at least 4 members (excludes halogenated alkanes) is 5. The van der Waals surface area contributed by atoms with Crippen LogP contribution in [0, 0.1) is 0 Å². The topological polar surface area (TPSA) is 135 Å². The Kier molecular flexibility index (Phi) is 15.9. The Morgan fingerprint density at radius 1 is 0.653 bits per heavy atom. The van der Waals surface area contributed by atoms with E-state index in [0.717, 1.165) is 38.5 Å². The van der Waals surface area contributed by atoms with Gasteiger partial charge in [-0.1, -0.05) is 46.1 Å². The summed E-state index contributed by atoms with van der Waals surface area (Å²) in [5.41, 5.74) is 0.878. The highest BCUT2D eigenvalue weighted by atomic mass is 16.5. The van der Waals surface area contributed by atoms with Gasteiger partial charge in [-0.25, -0.2) is 19.2 Å². The van der Waals surface area contributed by atoms with E-state index >= 15 is 0 Å². The van der Waals surface area contributed by atoms with Crippen molar-refractivity contribution in [1.82, 2.24) is 0 Å². The number of carbonyl (C=O) groups is 4. The van der Waals surface area contributed by atoms with E-state index < -0.39 is 23.9 Å². The molecule has 0 heterocycles. The number of carboxylic acid groups (broad SMARTS) is 1. The summed E-state index contributed by atoms with van der Waals surface area (Å²) in [6.07, 6.45) is 6.82. The maximum absolute atomic E-state index is 13.2. The Bertz CT molecular complexity index is 1560. The fourth-order valence-electron chi connectivity index (χ4n) is 4.60. The van der Waals surface area contributed by atoms with Crippen LogP contribution in [0.15, 0.2) is 72.8 Å². The fraction of sp³-hybridized carbons (Fsp3) is 0.385. The van der Waals surface area contributed by atoms with Crippen molar-refractivity contribution in [1.29, 1.82) is 0 Å². The van der Waals surface area contributed by atoms with E-state index in [-0.39, 0.29) is 34.8 Å². The first kappa shape index (κ1) is 38.3. The molecule has 262 valence electrons. The number of rotatable bonds is 21. The first-order chi connectivity index (χ1) is 23.6. The Morgan fingerprint density at radius 2 is 1.18 bits per heavy atom. The van der Waals surface area contributed by atoms with Gasteiger partial charge in [-0.3, -0.25) is 0 Å². The Hall–Kier alpha value is -5.12. The van der Waals surface area contributed by atoms with Crippen molar-refractivity contribution >= 4 is 23.9 Å². The van der Waals surface area contributed by atoms with Crippen LogP contribution in [-0.4, -0.2) is 48.8 Å². The molecule has 0 bridgehead atoms. The van der Waals surface area contributed by atoms with Gasteiger partial charge in [0.05, 0.1) is 30.9 Å². The molecule has 0 aliphatic heterocycles. The van der Waals surface area contributed by atoms with E-state index in [1.165, 1.54) is 12.1 Å². The third kappa shape index (κ3) is 12.8. The van der Waals surface area contributed by atoms with Crippen LogP contribution in [0.4, 0.5) is 0 Å². The van der Waals surface area contributed by atoms with Crippen LogP contribution in [0.5, 0.6) is 23.0 Å². The highest BCUT2D eigenvalue weighted by Crippen LogP contribution is 2.33. The molecule has 0 aliphatic rings. The van der Waals surface area contributed by atoms with Gasteiger partial charge in [0.25, 0.3) is 0 Å². The molecule has 10 heteroatoms. The Morgan fingerprint density at radius 3 is 1.69 bits per heavy atom. The number of aryl methyl sites for hydroxylation is 1. The molecule has 3 aromatic carbocycles. The van der Waals surface area contributed by atoms with Crippen molar-refractivity contribution in [3.05, 3.63) is 95.1 Å². The van der Waals surface area contributed by atoms with Crippen molar-refractivity contribution in [2.75, 3.05) is 19.8 Å². The molecular weight excluding hydrogens is 628 g/mol. The second-order valence-electron chi connectivity index (χ2n) is 11.6. The average Bonchev–Trinajstić information content (AvgIpc) is 3.09. The van der Waals surface area contributed by atoms with E-state index in [1.807, 2.05) is 0 Å². The Balaban J connectivity index is 1.80. The van der Waals surface area contributed by atoms with Crippen molar-refractivity contribution in [3.63, 3.8) is 0 Å². The molecule has 0 aliphatic carbocycles. The number of ether oxygens (including phenoxy) is 5. The van der Waals surface area contributed by atoms with Gasteiger partial charge >= 0.3 is 23.9 Å². The zero-order chi connectivity index (χ0) is 35.6. The van der Waals surface area contributed by atoms with Crippen LogP contribution < -0.4 is 18.9 Å². The number of aromatic carboxylic acids is 1. The zero-order valence-electron chi connectivity index (χ0n) is 28.6. The summed E-state index contributed by atoms with van der Waals surface area (Å²) in [6, 6.07) is 15.6. The second-order valence-corrected chi connectivity index (χ2v) is 11.6. The van der Waals surface area contributed by atoms with Crippen LogP contribution in [0.1, 0.15) is 109 Å². The predicted molar refractivity (Wildman–Crippen MR) is 185 cm³/mol. The molecule has 0 amide bonds. The third-order valence-electron chi connectivity index (χ3n) is 7.41. The summed E-state index contributed by atoms with van der Waals surface area (Å²) in [5.74, 6) is -2.10. The number of carboxylic acids is 1. The van der Waals surface area contributed by atoms with Gasteiger partial charge in [0.2, 0.25) is 0 Å². The third-order valence-corrected chi connectivity index (χ3v) is 7.41. The van der Waals surface area contributed by atoms with Crippen LogP contribution >= 0.6 is 0 Å². The molecule has 49 heavy (non-hydrogen) atoms. The van der Waals surface area contributed by atoms with Crippen LogP contribution in [-0.2, 0) is 16.0 Å². The van der Waals surface area contributed by atoms with Gasteiger partial charge in [-0.05, 0) is 105 Å². The minimum atomic E-state index is -1.35. The highest BCUT2D eigenvalue weighted by molar-refractivity contribution is 5.97. The number of hydrogen-bond acceptors (Lipinski definition) is 9. The molecule has 10 nitrogen and oxygen atoms in total. The van der Waals surface area contributed by atoms with E-state index in [1.54, 1.807) is 55.5 Å². The molecule has 0 radical (unpaired) electrons. The first-order valence-corrected chi connectivity index (χ1v) is 16.8. The predicted octanol–water partition coefficient (Wildman–Crippen LogP) is 8.40. The first-order valence-electron chi connectivity index (χ1n) is 16.8. The number of esters is 3. The largest absolute Gasteiger partial charge is 0.494 e. The lowest BCUT2D eigenvalue weighted by molar-refractivity contribution is -0.139. The van der Waals surface area contributed by atoms with Gasteiger partial charge in [-0.2, -0.15) is 0 Å². The maximum atomic E-state index is 13.2. The van der Waals surface area contributed by atoms with E-state index in [4.69, 9.17) is 23.7 Å². The van der Waals surface area contributed by atoms with Crippen molar-refractivity contribution < 1.29 is 48.0 Å². The van der Waals surface area contributed by atoms with Gasteiger partial charge in [0.1, 0.15) is 28.6 Å². The van der Waals surface area contributed by atoms with E-state index in [0.29, 0.717) is 55.1 Å². The molecule has 0 unspecified atom stereocenters. The molecule has 0 atom stereocenters. The van der Waals surface area contributed by atoms with E-state index in [9.17, 15) is 24.3 Å². The smallest absolute Gasteiger partial charge is 0.343 e. The van der Waals surface area contributed by atoms with Gasteiger partial charge < -0.3 is 28.8 Å². The molecule has 0 saturated heterocycles. The standard InChI is InChI=1S/C39H46O10/c1-5-7-22-45-31-18-14-28(15-19-31)38(43)48-33-25-30(13-11-9-10-12-24-47-37(42)27(3)4)35(34(26-33)36(40)41)49-39(44)29-16-20-32(21-17-29)46-23-8-6-2/h14-21,25-26H,3,5-13,22-24H2,1-2,4H3,(H,40,41). The molecule has 3 rings (SSSR count). The average molecular weight is 675 g/mol. The number of hydrogen-bond donors (Lipinski definition) is 1. The second kappa shape index (κ2) is 20.3. The SMILES string of the molecule is C=C(C)C(=O)OCCCCCCc1cc(OC(=O)c2ccc(OCCCC)cc2)cc(C(=O)O)c1OC(=O)c1ccc(OCCCC)cc1. The van der Waals surface area contributed by atoms with Crippen LogP contribution in [0.3, 0.4) is 0 Å². The zero-order valence-corrected chi connectivity index (χ0v) is 28.6. The summed E-state index contributed by atoms with van der Waals surface area (Å²) in [4.78, 5) is 50.3. The molecule has 3 aromatic rings. The maximum Gasteiger partial charge on any atom is 0.343 e. The quantitative estimate of drug-likeness (QED) is 0.0508. The Labute approximate surface area is 288 Å². The van der Waals surface area contributed by atoms with Crippen LogP contribution in [0.25, 0.3) is 0 Å². The van der Waals surface area contributed by atoms with Gasteiger partial charge in [0, 0.05) is 5.57 Å². The lowest BCUT2D eigenvalue weighted by atomic mass is 10.0. The number of benzene rings is 3. The van der Waals surface area contributed by atoms with Crippen molar-refractivity contribution in [3.8, 4) is 23.0 Å². The lowest BCUT2D eigenvalue weighted by Gasteiger charge is -2.16. The number of carbonyl (C=O) groups excluding carboxylic acids is 3. The van der Waals surface area contributed by atoms with Crippen molar-refractivity contribution in [2.45, 2.75) is 78.6 Å². The minimum Gasteiger partial charge on any atom is -0.494 e. The summed E-state index contributed by atoms with van der Waals surface area (Å²) < 4.78 is 27.8. The molecular formula is C39H46O10. The van der Waals surface area contributed by atoms with Crippen molar-refractivity contribution in [2.24, 2.45) is 0 Å². The monoisotopic (exact) mass is 674 g/mol. The van der Waals surface area contributed by atoms with Gasteiger partial charge in [-0.15, -0.1) is 0 Å². The molecule has 0 fully saturated rings. The summed E-state index contributed by atoms with van der Waals surface area (Å²) in [5, 5.41) is 10.2. The summed E-state index contributed by atoms with van der Waals surface area (Å²) >= 11 is 0. The fourth-order valence-corrected chi connectivity index (χ4v) is 4.60. The molecule has 0 spiro atoms. The summed E-state index contributed by atoms with van der Waals surface area (Å²) in [6.45, 7) is 10.7. The van der Waals surface area contributed by atoms with E-state index in [2.05, 4.69) is 20.4 Å². The van der Waals surface area contributed by atoms with Crippen LogP contribution in [0.2, 0.25) is 0 Å².